The predicted molar refractivity (Wildman–Crippen MR) is 66.6 cm³/mol. The predicted octanol–water partition coefficient (Wildman–Crippen LogP) is 1.67. The van der Waals surface area contributed by atoms with Crippen molar-refractivity contribution in [3.63, 3.8) is 0 Å². The lowest BCUT2D eigenvalue weighted by molar-refractivity contribution is -0.142. The number of nitrogens with one attached hydrogen (secondary N) is 1. The average molecular weight is 243 g/mol. The first-order chi connectivity index (χ1) is 7.79. The molecule has 16 heavy (non-hydrogen) atoms. The van der Waals surface area contributed by atoms with E-state index in [1.54, 1.807) is 0 Å². The molecule has 0 spiro atoms. The first-order valence-corrected chi connectivity index (χ1v) is 7.34. The molecule has 0 aliphatic carbocycles. The van der Waals surface area contributed by atoms with E-state index in [1.807, 2.05) is 0 Å². The summed E-state index contributed by atoms with van der Waals surface area (Å²) in [6.07, 6.45) is 4.99. The summed E-state index contributed by atoms with van der Waals surface area (Å²) in [5.74, 6) is 4.12. The Bertz CT molecular complexity index is 241. The molecule has 2 unspecified atom stereocenters. The molecule has 4 heteroatoms. The fourth-order valence-corrected chi connectivity index (χ4v) is 3.97. The second-order valence-corrected chi connectivity index (χ2v) is 6.10. The molecule has 2 saturated heterocycles. The molecule has 0 aromatic carbocycles. The summed E-state index contributed by atoms with van der Waals surface area (Å²) in [6.45, 7) is 0.989. The van der Waals surface area contributed by atoms with Crippen LogP contribution in [-0.4, -0.2) is 37.2 Å². The number of hydrogen-bond acceptors (Lipinski definition) is 4. The van der Waals surface area contributed by atoms with Crippen LogP contribution in [0.25, 0.3) is 0 Å². The molecule has 3 nitrogen and oxygen atoms in total. The van der Waals surface area contributed by atoms with Crippen LogP contribution >= 0.6 is 11.8 Å². The molecule has 0 aromatic rings. The van der Waals surface area contributed by atoms with Crippen molar-refractivity contribution in [1.82, 2.24) is 5.32 Å². The fraction of sp³-hybridized carbons (Fsp3) is 0.917. The van der Waals surface area contributed by atoms with Gasteiger partial charge in [0, 0.05) is 0 Å². The summed E-state index contributed by atoms with van der Waals surface area (Å²) >= 11 is 2.08. The monoisotopic (exact) mass is 243 g/mol. The van der Waals surface area contributed by atoms with E-state index in [0.29, 0.717) is 5.92 Å². The van der Waals surface area contributed by atoms with Crippen LogP contribution in [0.2, 0.25) is 0 Å². The van der Waals surface area contributed by atoms with Gasteiger partial charge in [-0.05, 0) is 55.6 Å². The van der Waals surface area contributed by atoms with E-state index in [9.17, 15) is 4.79 Å². The lowest BCUT2D eigenvalue weighted by Crippen LogP contribution is -2.31. The third-order valence-electron chi connectivity index (χ3n) is 3.72. The number of rotatable bonds is 3. The van der Waals surface area contributed by atoms with Crippen molar-refractivity contribution >= 4 is 17.7 Å². The normalized spacial score (nSPS) is 31.6. The molecular formula is C12H21NO2S. The Balaban J connectivity index is 1.73. The molecule has 0 saturated carbocycles. The third-order valence-corrected chi connectivity index (χ3v) is 4.76. The minimum Gasteiger partial charge on any atom is -0.468 e. The molecule has 92 valence electrons. The first-order valence-electron chi connectivity index (χ1n) is 6.18. The van der Waals surface area contributed by atoms with Crippen molar-refractivity contribution in [1.29, 1.82) is 0 Å². The van der Waals surface area contributed by atoms with E-state index >= 15 is 0 Å². The van der Waals surface area contributed by atoms with E-state index in [1.165, 1.54) is 37.9 Å². The largest absolute Gasteiger partial charge is 0.468 e. The Labute approximate surface area is 102 Å². The number of methoxy groups -OCH3 is 1. The quantitative estimate of drug-likeness (QED) is 0.765. The average Bonchev–Trinajstić information content (AvgIpc) is 2.78. The maximum Gasteiger partial charge on any atom is 0.322 e. The molecule has 0 bridgehead atoms. The van der Waals surface area contributed by atoms with E-state index in [0.717, 1.165) is 18.9 Å². The van der Waals surface area contributed by atoms with Crippen molar-refractivity contribution in [3.05, 3.63) is 0 Å². The Morgan fingerprint density at radius 2 is 2.12 bits per heavy atom. The molecule has 2 aliphatic heterocycles. The van der Waals surface area contributed by atoms with Gasteiger partial charge in [0.05, 0.1) is 7.11 Å². The molecule has 2 fully saturated rings. The molecular weight excluding hydrogens is 222 g/mol. The van der Waals surface area contributed by atoms with Crippen LogP contribution in [0, 0.1) is 11.8 Å². The van der Waals surface area contributed by atoms with Crippen molar-refractivity contribution in [2.24, 2.45) is 11.8 Å². The van der Waals surface area contributed by atoms with Crippen LogP contribution in [0.5, 0.6) is 0 Å². The number of hydrogen-bond donors (Lipinski definition) is 1. The van der Waals surface area contributed by atoms with Crippen molar-refractivity contribution in [2.75, 3.05) is 25.2 Å². The highest BCUT2D eigenvalue weighted by Gasteiger charge is 2.31. The zero-order chi connectivity index (χ0) is 11.4. The minimum absolute atomic E-state index is 0.0482. The summed E-state index contributed by atoms with van der Waals surface area (Å²) in [5.41, 5.74) is 0. The topological polar surface area (TPSA) is 38.3 Å². The Morgan fingerprint density at radius 1 is 1.38 bits per heavy atom. The van der Waals surface area contributed by atoms with Gasteiger partial charge in [-0.1, -0.05) is 0 Å². The highest BCUT2D eigenvalue weighted by atomic mass is 32.2. The number of carbonyl (C=O) groups is 1. The minimum atomic E-state index is -0.0956. The number of ether oxygens (including phenoxy) is 1. The van der Waals surface area contributed by atoms with Gasteiger partial charge in [0.2, 0.25) is 0 Å². The lowest BCUT2D eigenvalue weighted by atomic mass is 9.89. The van der Waals surface area contributed by atoms with Gasteiger partial charge in [0.15, 0.2) is 0 Å². The zero-order valence-electron chi connectivity index (χ0n) is 9.91. The second kappa shape index (κ2) is 5.92. The van der Waals surface area contributed by atoms with E-state index in [4.69, 9.17) is 4.74 Å². The van der Waals surface area contributed by atoms with Crippen molar-refractivity contribution in [3.8, 4) is 0 Å². The van der Waals surface area contributed by atoms with Gasteiger partial charge in [-0.3, -0.25) is 4.79 Å². The van der Waals surface area contributed by atoms with E-state index in [2.05, 4.69) is 17.1 Å². The molecule has 2 atom stereocenters. The van der Waals surface area contributed by atoms with E-state index < -0.39 is 0 Å². The molecule has 2 heterocycles. The molecule has 0 aromatic heterocycles. The van der Waals surface area contributed by atoms with Crippen LogP contribution < -0.4 is 5.32 Å². The highest BCUT2D eigenvalue weighted by molar-refractivity contribution is 7.99. The summed E-state index contributed by atoms with van der Waals surface area (Å²) in [5, 5.41) is 3.27. The van der Waals surface area contributed by atoms with Crippen LogP contribution in [0.4, 0.5) is 0 Å². The van der Waals surface area contributed by atoms with Gasteiger partial charge in [-0.15, -0.1) is 0 Å². The van der Waals surface area contributed by atoms with Gasteiger partial charge < -0.3 is 10.1 Å². The number of esters is 1. The molecule has 2 aliphatic rings. The summed E-state index contributed by atoms with van der Waals surface area (Å²) in [7, 11) is 1.47. The van der Waals surface area contributed by atoms with Crippen molar-refractivity contribution in [2.45, 2.75) is 31.7 Å². The second-order valence-electron chi connectivity index (χ2n) is 4.88. The fourth-order valence-electron chi connectivity index (χ4n) is 2.76. The third kappa shape index (κ3) is 3.14. The maximum absolute atomic E-state index is 11.4. The van der Waals surface area contributed by atoms with Crippen LogP contribution in [0.1, 0.15) is 25.7 Å². The van der Waals surface area contributed by atoms with Gasteiger partial charge >= 0.3 is 5.97 Å². The lowest BCUT2D eigenvalue weighted by Gasteiger charge is -2.23. The zero-order valence-corrected chi connectivity index (χ0v) is 10.7. The van der Waals surface area contributed by atoms with Gasteiger partial charge in [-0.2, -0.15) is 11.8 Å². The molecule has 2 rings (SSSR count). The maximum atomic E-state index is 11.4. The van der Waals surface area contributed by atoms with Gasteiger partial charge in [-0.25, -0.2) is 0 Å². The SMILES string of the molecule is COC(=O)C1CC(CC2CCSCC2)CN1. The van der Waals surface area contributed by atoms with Crippen LogP contribution in [0.3, 0.4) is 0 Å². The van der Waals surface area contributed by atoms with E-state index in [-0.39, 0.29) is 12.0 Å². The molecule has 0 amide bonds. The molecule has 1 N–H and O–H groups in total. The van der Waals surface area contributed by atoms with Crippen molar-refractivity contribution < 1.29 is 9.53 Å². The highest BCUT2D eigenvalue weighted by Crippen LogP contribution is 2.31. The first kappa shape index (κ1) is 12.2. The number of carbonyl (C=O) groups excluding carboxylic acids is 1. The number of thioether (sulfide) groups is 1. The van der Waals surface area contributed by atoms with Crippen LogP contribution in [0.15, 0.2) is 0 Å². The Morgan fingerprint density at radius 3 is 2.81 bits per heavy atom. The summed E-state index contributed by atoms with van der Waals surface area (Å²) in [6, 6.07) is -0.0482. The smallest absolute Gasteiger partial charge is 0.322 e. The van der Waals surface area contributed by atoms with Gasteiger partial charge in [0.1, 0.15) is 6.04 Å². The molecule has 0 radical (unpaired) electrons. The Kier molecular flexibility index (Phi) is 4.53. The van der Waals surface area contributed by atoms with Crippen LogP contribution in [-0.2, 0) is 9.53 Å². The summed E-state index contributed by atoms with van der Waals surface area (Å²) in [4.78, 5) is 11.4. The Hall–Kier alpha value is -0.220. The summed E-state index contributed by atoms with van der Waals surface area (Å²) < 4.78 is 4.77. The standard InChI is InChI=1S/C12H21NO2S/c1-15-12(14)11-7-10(8-13-11)6-9-2-4-16-5-3-9/h9-11,13H,2-8H2,1H3. The van der Waals surface area contributed by atoms with Gasteiger partial charge in [0.25, 0.3) is 0 Å².